The number of furan rings is 1. The molecular weight excluding hydrogens is 613 g/mol. The summed E-state index contributed by atoms with van der Waals surface area (Å²) in [5, 5.41) is 3.32. The number of nitrogens with zero attached hydrogens (tertiary/aromatic N) is 4. The van der Waals surface area contributed by atoms with E-state index >= 15 is 0 Å². The number of rotatable bonds is 5. The van der Waals surface area contributed by atoms with Crippen LogP contribution in [0.4, 0.5) is 0 Å². The van der Waals surface area contributed by atoms with Gasteiger partial charge in [0.2, 0.25) is 0 Å². The lowest BCUT2D eigenvalue weighted by molar-refractivity contribution is -0.633. The average molecular weight is 654 g/mol. The van der Waals surface area contributed by atoms with Gasteiger partial charge in [0.05, 0.1) is 12.6 Å². The van der Waals surface area contributed by atoms with Crippen LogP contribution in [0.15, 0.2) is 114 Å². The van der Waals surface area contributed by atoms with Crippen molar-refractivity contribution in [2.75, 3.05) is 0 Å². The smallest absolute Gasteiger partial charge is 0.299 e. The summed E-state index contributed by atoms with van der Waals surface area (Å²) in [6, 6.07) is 39.5. The second kappa shape index (κ2) is 11.2. The largest absolute Gasteiger partial charge is 0.453 e. The van der Waals surface area contributed by atoms with Crippen LogP contribution in [0.25, 0.3) is 83.2 Å². The minimum absolute atomic E-state index is 0.292. The van der Waals surface area contributed by atoms with Gasteiger partial charge in [-0.2, -0.15) is 4.57 Å². The fourth-order valence-electron chi connectivity index (χ4n) is 8.12. The first kappa shape index (κ1) is 30.4. The van der Waals surface area contributed by atoms with E-state index in [0.29, 0.717) is 11.8 Å². The molecule has 0 saturated carbocycles. The summed E-state index contributed by atoms with van der Waals surface area (Å²) in [5.74, 6) is 1.68. The van der Waals surface area contributed by atoms with Crippen molar-refractivity contribution < 1.29 is 8.98 Å². The number of hydrogen-bond donors (Lipinski definition) is 0. The summed E-state index contributed by atoms with van der Waals surface area (Å²) in [5.41, 5.74) is 15.7. The molecule has 5 heteroatoms. The molecule has 0 N–H and O–H groups in total. The van der Waals surface area contributed by atoms with E-state index in [4.69, 9.17) is 9.40 Å². The number of aryl methyl sites for hydroxylation is 3. The van der Waals surface area contributed by atoms with Gasteiger partial charge in [-0.3, -0.25) is 0 Å². The lowest BCUT2D eigenvalue weighted by atomic mass is 9.88. The molecule has 0 saturated heterocycles. The standard InChI is InChI=1S/C45H41N4O/c1-26(2)33-23-30(29-15-9-8-10-16-29)24-34(27(3)4)42(33)49-38-20-14-13-19-37(38)48(7)45(49)40-28(5)21-22-32-41-39(50-43(32)40)25-35-31-17-11-12-18-36(31)47(6)44(35)46-41/h8-27H,1-7H3/q+1. The highest BCUT2D eigenvalue weighted by atomic mass is 16.3. The van der Waals surface area contributed by atoms with E-state index in [1.165, 1.54) is 49.9 Å². The van der Waals surface area contributed by atoms with Gasteiger partial charge in [-0.15, -0.1) is 0 Å². The SMILES string of the molecule is Cc1ccc2c(oc3cc4c5ccccc5n(C)c4nc32)c1-c1n(-c2c(C(C)C)cc(-c3ccccc3)cc2C(C)C)c2ccccc2[n+]1C. The summed E-state index contributed by atoms with van der Waals surface area (Å²) < 4.78 is 14.0. The van der Waals surface area contributed by atoms with Crippen molar-refractivity contribution >= 4 is 55.0 Å². The number of para-hydroxylation sites is 3. The Labute approximate surface area is 292 Å². The molecule has 9 rings (SSSR count). The van der Waals surface area contributed by atoms with E-state index in [1.807, 2.05) is 0 Å². The molecule has 4 aromatic heterocycles. The summed E-state index contributed by atoms with van der Waals surface area (Å²) in [6.07, 6.45) is 0. The Morgan fingerprint density at radius 1 is 0.680 bits per heavy atom. The summed E-state index contributed by atoms with van der Waals surface area (Å²) in [7, 11) is 4.29. The van der Waals surface area contributed by atoms with Crippen molar-refractivity contribution in [2.45, 2.75) is 46.5 Å². The zero-order chi connectivity index (χ0) is 34.4. The number of fused-ring (bicyclic) bond motifs is 7. The molecule has 246 valence electrons. The lowest BCUT2D eigenvalue weighted by Crippen LogP contribution is -2.30. The molecule has 0 spiro atoms. The molecule has 9 aromatic rings. The van der Waals surface area contributed by atoms with Crippen LogP contribution in [-0.2, 0) is 14.1 Å². The molecule has 0 aliphatic carbocycles. The molecular formula is C45H41N4O+. The number of aromatic nitrogens is 4. The maximum atomic E-state index is 6.96. The van der Waals surface area contributed by atoms with Crippen molar-refractivity contribution in [2.24, 2.45) is 14.1 Å². The van der Waals surface area contributed by atoms with Crippen LogP contribution in [0.1, 0.15) is 56.2 Å². The number of imidazole rings is 1. The van der Waals surface area contributed by atoms with Crippen LogP contribution in [0.3, 0.4) is 0 Å². The molecule has 5 nitrogen and oxygen atoms in total. The van der Waals surface area contributed by atoms with Gasteiger partial charge in [0, 0.05) is 34.3 Å². The van der Waals surface area contributed by atoms with Gasteiger partial charge in [-0.05, 0) is 77.9 Å². The van der Waals surface area contributed by atoms with Crippen LogP contribution in [0, 0.1) is 6.92 Å². The van der Waals surface area contributed by atoms with Gasteiger partial charge >= 0.3 is 0 Å². The lowest BCUT2D eigenvalue weighted by Gasteiger charge is -2.21. The average Bonchev–Trinajstić information content (AvgIpc) is 3.73. The van der Waals surface area contributed by atoms with E-state index < -0.39 is 0 Å². The Morgan fingerprint density at radius 2 is 1.34 bits per heavy atom. The van der Waals surface area contributed by atoms with E-state index in [0.717, 1.165) is 50.1 Å². The first-order chi connectivity index (χ1) is 24.2. The summed E-state index contributed by atoms with van der Waals surface area (Å²) in [6.45, 7) is 11.5. The molecule has 0 bridgehead atoms. The molecule has 0 atom stereocenters. The molecule has 5 aromatic carbocycles. The normalized spacial score (nSPS) is 12.3. The van der Waals surface area contributed by atoms with Crippen molar-refractivity contribution in [3.05, 3.63) is 126 Å². The Kier molecular flexibility index (Phi) is 6.79. The quantitative estimate of drug-likeness (QED) is 0.173. The van der Waals surface area contributed by atoms with Gasteiger partial charge in [0.1, 0.15) is 22.4 Å². The molecule has 0 unspecified atom stereocenters. The van der Waals surface area contributed by atoms with Crippen LogP contribution < -0.4 is 4.57 Å². The highest BCUT2D eigenvalue weighted by molar-refractivity contribution is 6.14. The van der Waals surface area contributed by atoms with Gasteiger partial charge < -0.3 is 8.98 Å². The molecule has 0 aliphatic heterocycles. The van der Waals surface area contributed by atoms with Crippen LogP contribution in [0.2, 0.25) is 0 Å². The van der Waals surface area contributed by atoms with E-state index in [2.05, 4.69) is 172 Å². The first-order valence-corrected chi connectivity index (χ1v) is 17.7. The Balaban J connectivity index is 1.40. The Morgan fingerprint density at radius 3 is 2.06 bits per heavy atom. The van der Waals surface area contributed by atoms with Gasteiger partial charge in [-0.1, -0.05) is 94.4 Å². The van der Waals surface area contributed by atoms with E-state index in [9.17, 15) is 0 Å². The van der Waals surface area contributed by atoms with Gasteiger partial charge in [0.25, 0.3) is 5.82 Å². The second-order valence-electron chi connectivity index (χ2n) is 14.4. The van der Waals surface area contributed by atoms with Crippen molar-refractivity contribution in [1.82, 2.24) is 14.1 Å². The minimum atomic E-state index is 0.292. The zero-order valence-corrected chi connectivity index (χ0v) is 29.7. The van der Waals surface area contributed by atoms with Crippen LogP contribution in [0.5, 0.6) is 0 Å². The maximum absolute atomic E-state index is 6.96. The molecule has 0 radical (unpaired) electrons. The van der Waals surface area contributed by atoms with E-state index in [-0.39, 0.29) is 0 Å². The molecule has 50 heavy (non-hydrogen) atoms. The highest BCUT2D eigenvalue weighted by Gasteiger charge is 2.34. The van der Waals surface area contributed by atoms with Crippen LogP contribution in [-0.4, -0.2) is 14.1 Å². The third-order valence-corrected chi connectivity index (χ3v) is 10.7. The second-order valence-corrected chi connectivity index (χ2v) is 14.4. The first-order valence-electron chi connectivity index (χ1n) is 17.7. The summed E-state index contributed by atoms with van der Waals surface area (Å²) in [4.78, 5) is 5.28. The fourth-order valence-corrected chi connectivity index (χ4v) is 8.12. The molecule has 0 amide bonds. The van der Waals surface area contributed by atoms with Gasteiger partial charge in [0.15, 0.2) is 22.2 Å². The third-order valence-electron chi connectivity index (χ3n) is 10.7. The Hall–Kier alpha value is -5.68. The van der Waals surface area contributed by atoms with Crippen molar-refractivity contribution in [3.63, 3.8) is 0 Å². The van der Waals surface area contributed by atoms with Crippen LogP contribution >= 0.6 is 0 Å². The number of hydrogen-bond acceptors (Lipinski definition) is 2. The molecule has 0 fully saturated rings. The van der Waals surface area contributed by atoms with E-state index in [1.54, 1.807) is 0 Å². The van der Waals surface area contributed by atoms with Gasteiger partial charge in [-0.25, -0.2) is 9.55 Å². The predicted octanol–water partition coefficient (Wildman–Crippen LogP) is 11.3. The topological polar surface area (TPSA) is 39.8 Å². The number of pyridine rings is 1. The van der Waals surface area contributed by atoms with Crippen molar-refractivity contribution in [3.8, 4) is 28.2 Å². The fraction of sp³-hybridized carbons (Fsp3) is 0.200. The highest BCUT2D eigenvalue weighted by Crippen LogP contribution is 2.43. The minimum Gasteiger partial charge on any atom is -0.453 e. The monoisotopic (exact) mass is 653 g/mol. The molecule has 4 heterocycles. The number of benzene rings is 5. The summed E-state index contributed by atoms with van der Waals surface area (Å²) >= 11 is 0. The maximum Gasteiger partial charge on any atom is 0.299 e. The Bertz CT molecular complexity index is 2760. The predicted molar refractivity (Wildman–Crippen MR) is 207 cm³/mol. The van der Waals surface area contributed by atoms with Crippen molar-refractivity contribution in [1.29, 1.82) is 0 Å². The molecule has 0 aliphatic rings. The third kappa shape index (κ3) is 4.32. The zero-order valence-electron chi connectivity index (χ0n) is 29.7.